The van der Waals surface area contributed by atoms with Crippen molar-refractivity contribution in [2.75, 3.05) is 17.6 Å². The molecule has 3 N–H and O–H groups in total. The van der Waals surface area contributed by atoms with Crippen LogP contribution < -0.4 is 11.1 Å². The Morgan fingerprint density at radius 1 is 1.13 bits per heavy atom. The summed E-state index contributed by atoms with van der Waals surface area (Å²) >= 11 is 0. The maximum atomic E-state index is 10.9. The maximum absolute atomic E-state index is 10.9. The summed E-state index contributed by atoms with van der Waals surface area (Å²) in [5, 5.41) is 14.2. The zero-order valence-electron chi connectivity index (χ0n) is 17.4. The van der Waals surface area contributed by atoms with E-state index in [-0.39, 0.29) is 11.5 Å². The molecule has 0 bridgehead atoms. The fourth-order valence-electron chi connectivity index (χ4n) is 3.59. The molecule has 158 valence electrons. The van der Waals surface area contributed by atoms with E-state index in [1.54, 1.807) is 12.3 Å². The molecule has 9 heteroatoms. The van der Waals surface area contributed by atoms with Gasteiger partial charge in [-0.15, -0.1) is 0 Å². The molecule has 0 saturated carbocycles. The van der Waals surface area contributed by atoms with Crippen LogP contribution in [0.2, 0.25) is 0 Å². The Hall–Kier alpha value is -4.01. The quantitative estimate of drug-likeness (QED) is 0.265. The number of hydrogen-bond donors (Lipinski definition) is 2. The third-order valence-electron chi connectivity index (χ3n) is 4.96. The molecule has 4 aromatic rings. The van der Waals surface area contributed by atoms with Gasteiger partial charge in [0.1, 0.15) is 5.65 Å². The number of hydrogen-bond acceptors (Lipinski definition) is 7. The van der Waals surface area contributed by atoms with E-state index >= 15 is 0 Å². The molecule has 0 radical (unpaired) electrons. The molecular weight excluding hydrogens is 394 g/mol. The van der Waals surface area contributed by atoms with E-state index in [2.05, 4.69) is 47.3 Å². The number of pyridine rings is 1. The second-order valence-electron chi connectivity index (χ2n) is 7.49. The number of rotatable bonds is 7. The van der Waals surface area contributed by atoms with Crippen LogP contribution in [0.25, 0.3) is 16.9 Å². The van der Waals surface area contributed by atoms with Crippen molar-refractivity contribution < 1.29 is 4.92 Å². The molecule has 3 heterocycles. The number of benzene rings is 1. The van der Waals surface area contributed by atoms with E-state index in [4.69, 9.17) is 10.7 Å². The highest BCUT2D eigenvalue weighted by Gasteiger charge is 2.13. The maximum Gasteiger partial charge on any atom is 0.311 e. The molecule has 0 atom stereocenters. The summed E-state index contributed by atoms with van der Waals surface area (Å²) in [5.41, 5.74) is 11.3. The number of aryl methyl sites for hydroxylation is 3. The summed E-state index contributed by atoms with van der Waals surface area (Å²) in [4.78, 5) is 23.7. The number of aromatic nitrogens is 4. The molecule has 4 rings (SSSR count). The summed E-state index contributed by atoms with van der Waals surface area (Å²) in [7, 11) is 0. The lowest BCUT2D eigenvalue weighted by atomic mass is 10.0. The van der Waals surface area contributed by atoms with Crippen molar-refractivity contribution in [3.63, 3.8) is 0 Å². The minimum Gasteiger partial charge on any atom is -0.378 e. The van der Waals surface area contributed by atoms with E-state index in [9.17, 15) is 10.1 Å². The van der Waals surface area contributed by atoms with Crippen LogP contribution in [0, 0.1) is 24.0 Å². The summed E-state index contributed by atoms with van der Waals surface area (Å²) in [6.45, 7) is 4.79. The lowest BCUT2D eigenvalue weighted by Gasteiger charge is -2.11. The predicted octanol–water partition coefficient (Wildman–Crippen LogP) is 3.94. The molecule has 0 unspecified atom stereocenters. The van der Waals surface area contributed by atoms with Gasteiger partial charge in [0, 0.05) is 42.3 Å². The average molecular weight is 417 g/mol. The molecule has 0 saturated heterocycles. The van der Waals surface area contributed by atoms with Crippen LogP contribution in [0.1, 0.15) is 23.2 Å². The van der Waals surface area contributed by atoms with Gasteiger partial charge in [0.15, 0.2) is 0 Å². The number of nitrogens with two attached hydrogens (primary N) is 1. The molecule has 0 aliphatic rings. The van der Waals surface area contributed by atoms with Crippen LogP contribution in [0.4, 0.5) is 17.5 Å². The normalized spacial score (nSPS) is 11.0. The molecule has 31 heavy (non-hydrogen) atoms. The molecule has 0 fully saturated rings. The highest BCUT2D eigenvalue weighted by atomic mass is 16.6. The predicted molar refractivity (Wildman–Crippen MR) is 120 cm³/mol. The zero-order valence-corrected chi connectivity index (χ0v) is 17.4. The van der Waals surface area contributed by atoms with E-state index in [0.29, 0.717) is 18.9 Å². The SMILES string of the molecule is Cc1cc(C)cc(-c2cc3nccn3c(NCCCc3ccc([N+](=O)[O-])c(N)n3)n2)c1. The minimum absolute atomic E-state index is 0.0570. The highest BCUT2D eigenvalue weighted by Crippen LogP contribution is 2.24. The van der Waals surface area contributed by atoms with Gasteiger partial charge in [-0.2, -0.15) is 0 Å². The van der Waals surface area contributed by atoms with Crippen molar-refractivity contribution in [3.8, 4) is 11.3 Å². The molecule has 0 aliphatic heterocycles. The molecule has 3 aromatic heterocycles. The smallest absolute Gasteiger partial charge is 0.311 e. The number of nitrogen functional groups attached to an aromatic ring is 1. The summed E-state index contributed by atoms with van der Waals surface area (Å²) in [6, 6.07) is 11.4. The summed E-state index contributed by atoms with van der Waals surface area (Å²) < 4.78 is 1.91. The topological polar surface area (TPSA) is 124 Å². The van der Waals surface area contributed by atoms with E-state index < -0.39 is 4.92 Å². The second kappa shape index (κ2) is 8.39. The van der Waals surface area contributed by atoms with Gasteiger partial charge < -0.3 is 11.1 Å². The first-order chi connectivity index (χ1) is 14.9. The number of imidazole rings is 1. The Morgan fingerprint density at radius 3 is 2.61 bits per heavy atom. The first-order valence-electron chi connectivity index (χ1n) is 9.97. The molecule has 9 nitrogen and oxygen atoms in total. The number of anilines is 2. The van der Waals surface area contributed by atoms with Crippen molar-refractivity contribution in [2.45, 2.75) is 26.7 Å². The van der Waals surface area contributed by atoms with Gasteiger partial charge in [0.2, 0.25) is 11.8 Å². The minimum atomic E-state index is -0.529. The van der Waals surface area contributed by atoms with Crippen molar-refractivity contribution in [3.05, 3.63) is 75.7 Å². The van der Waals surface area contributed by atoms with Crippen LogP contribution in [0.15, 0.2) is 48.8 Å². The molecule has 0 spiro atoms. The fraction of sp³-hybridized carbons (Fsp3) is 0.227. The van der Waals surface area contributed by atoms with Gasteiger partial charge in [0.05, 0.1) is 10.6 Å². The van der Waals surface area contributed by atoms with E-state index in [1.807, 2.05) is 16.7 Å². The number of fused-ring (bicyclic) bond motifs is 1. The molecule has 1 aromatic carbocycles. The summed E-state index contributed by atoms with van der Waals surface area (Å²) in [5.74, 6) is 0.652. The van der Waals surface area contributed by atoms with Gasteiger partial charge in [-0.25, -0.2) is 15.0 Å². The van der Waals surface area contributed by atoms with Crippen molar-refractivity contribution in [1.82, 2.24) is 19.4 Å². The van der Waals surface area contributed by atoms with Crippen LogP contribution in [-0.4, -0.2) is 30.8 Å². The lowest BCUT2D eigenvalue weighted by Crippen LogP contribution is -2.10. The first kappa shape index (κ1) is 20.3. The lowest BCUT2D eigenvalue weighted by molar-refractivity contribution is -0.384. The molecule has 0 amide bonds. The third kappa shape index (κ3) is 4.45. The van der Waals surface area contributed by atoms with Crippen molar-refractivity contribution in [2.24, 2.45) is 0 Å². The molecular formula is C22H23N7O2. The Labute approximate surface area is 179 Å². The van der Waals surface area contributed by atoms with Gasteiger partial charge in [-0.1, -0.05) is 17.2 Å². The highest BCUT2D eigenvalue weighted by molar-refractivity contribution is 5.67. The standard InChI is InChI=1S/C22H23N7O2/c1-14-10-15(2)12-16(11-14)18-13-20-24-8-9-28(20)22(27-18)25-7-3-4-17-5-6-19(29(30)31)21(23)26-17/h5-6,8-13H,3-4,7H2,1-2H3,(H2,23,26)(H,25,27). The monoisotopic (exact) mass is 417 g/mol. The number of nitro groups is 1. The Kier molecular flexibility index (Phi) is 5.48. The number of nitrogens with zero attached hydrogens (tertiary/aromatic N) is 5. The molecule has 0 aliphatic carbocycles. The second-order valence-corrected chi connectivity index (χ2v) is 7.49. The van der Waals surface area contributed by atoms with Crippen LogP contribution in [0.5, 0.6) is 0 Å². The average Bonchev–Trinajstić information content (AvgIpc) is 3.19. The van der Waals surface area contributed by atoms with Crippen molar-refractivity contribution >= 4 is 23.1 Å². The largest absolute Gasteiger partial charge is 0.378 e. The fourth-order valence-corrected chi connectivity index (χ4v) is 3.59. The van der Waals surface area contributed by atoms with E-state index in [1.165, 1.54) is 17.2 Å². The van der Waals surface area contributed by atoms with Crippen molar-refractivity contribution in [1.29, 1.82) is 0 Å². The van der Waals surface area contributed by atoms with Crippen LogP contribution in [0.3, 0.4) is 0 Å². The summed E-state index contributed by atoms with van der Waals surface area (Å²) in [6.07, 6.45) is 5.01. The van der Waals surface area contributed by atoms with Crippen LogP contribution in [-0.2, 0) is 6.42 Å². The third-order valence-corrected chi connectivity index (χ3v) is 4.96. The Bertz CT molecular complexity index is 1250. The Morgan fingerprint density at radius 2 is 1.90 bits per heavy atom. The number of nitrogens with one attached hydrogen (secondary N) is 1. The van der Waals surface area contributed by atoms with Gasteiger partial charge in [-0.05, 0) is 44.9 Å². The van der Waals surface area contributed by atoms with Crippen LogP contribution >= 0.6 is 0 Å². The van der Waals surface area contributed by atoms with E-state index in [0.717, 1.165) is 29.0 Å². The zero-order chi connectivity index (χ0) is 22.0. The van der Waals surface area contributed by atoms with Gasteiger partial charge in [0.25, 0.3) is 0 Å². The first-order valence-corrected chi connectivity index (χ1v) is 9.97. The Balaban J connectivity index is 1.49. The van der Waals surface area contributed by atoms with Gasteiger partial charge >= 0.3 is 5.69 Å². The van der Waals surface area contributed by atoms with Gasteiger partial charge in [-0.3, -0.25) is 14.5 Å².